The highest BCUT2D eigenvalue weighted by atomic mass is 32.3. The normalized spacial score (nSPS) is 15.2. The van der Waals surface area contributed by atoms with Gasteiger partial charge in [-0.25, -0.2) is 0 Å². The van der Waals surface area contributed by atoms with Crippen molar-refractivity contribution in [1.82, 2.24) is 0 Å². The number of benzene rings is 1. The van der Waals surface area contributed by atoms with Gasteiger partial charge in [0.25, 0.3) is 0 Å². The standard InChI is InChI=1S/C15H25N3O.H2O4S/c16-14-12-13(17-8-5-11-19)6-7-15(14)18-9-3-1-2-4-10-18;1-5(2,3)4/h6-7,12,17,19H,1-5,8-11,16H2;(H2,1,2,3,4). The van der Waals surface area contributed by atoms with Gasteiger partial charge in [0.2, 0.25) is 0 Å². The maximum Gasteiger partial charge on any atom is 0.394 e. The van der Waals surface area contributed by atoms with Gasteiger partial charge in [-0.2, -0.15) is 8.42 Å². The molecule has 1 heterocycles. The number of hydrogen-bond acceptors (Lipinski definition) is 6. The summed E-state index contributed by atoms with van der Waals surface area (Å²) in [4.78, 5) is 2.40. The molecule has 8 nitrogen and oxygen atoms in total. The van der Waals surface area contributed by atoms with Gasteiger partial charge in [0.1, 0.15) is 0 Å². The molecule has 6 N–H and O–H groups in total. The minimum absolute atomic E-state index is 0.217. The molecule has 9 heteroatoms. The SMILES string of the molecule is Nc1cc(NCCCO)ccc1N1CCCCCC1.O=S(=O)(O)O. The van der Waals surface area contributed by atoms with Crippen LogP contribution in [0.25, 0.3) is 0 Å². The van der Waals surface area contributed by atoms with Crippen molar-refractivity contribution in [2.24, 2.45) is 0 Å². The van der Waals surface area contributed by atoms with Crippen molar-refractivity contribution in [3.63, 3.8) is 0 Å². The number of rotatable bonds is 5. The zero-order valence-electron chi connectivity index (χ0n) is 13.7. The van der Waals surface area contributed by atoms with Gasteiger partial charge in [-0.15, -0.1) is 0 Å². The van der Waals surface area contributed by atoms with Crippen molar-refractivity contribution in [1.29, 1.82) is 0 Å². The second-order valence-electron chi connectivity index (χ2n) is 5.63. The van der Waals surface area contributed by atoms with Crippen LogP contribution in [0.4, 0.5) is 17.1 Å². The first-order valence-corrected chi connectivity index (χ1v) is 9.40. The Balaban J connectivity index is 0.000000505. The zero-order chi connectivity index (χ0) is 18.0. The van der Waals surface area contributed by atoms with Crippen molar-refractivity contribution in [2.45, 2.75) is 32.1 Å². The molecule has 0 saturated carbocycles. The molecular weight excluding hydrogens is 334 g/mol. The average Bonchev–Trinajstić information content (AvgIpc) is 2.75. The van der Waals surface area contributed by atoms with Crippen LogP contribution in [0.5, 0.6) is 0 Å². The Labute approximate surface area is 143 Å². The highest BCUT2D eigenvalue weighted by Gasteiger charge is 2.12. The molecule has 2 rings (SSSR count). The Morgan fingerprint density at radius 2 is 1.71 bits per heavy atom. The van der Waals surface area contributed by atoms with Gasteiger partial charge in [-0.05, 0) is 37.5 Å². The molecule has 1 aromatic carbocycles. The van der Waals surface area contributed by atoms with E-state index < -0.39 is 10.4 Å². The van der Waals surface area contributed by atoms with Crippen LogP contribution >= 0.6 is 0 Å². The number of aliphatic hydroxyl groups excluding tert-OH is 1. The summed E-state index contributed by atoms with van der Waals surface area (Å²) in [6, 6.07) is 6.19. The molecule has 0 radical (unpaired) electrons. The molecular formula is C15H27N3O5S. The molecule has 1 aromatic rings. The molecule has 0 bridgehead atoms. The number of nitrogens with one attached hydrogen (secondary N) is 1. The third-order valence-electron chi connectivity index (χ3n) is 3.64. The van der Waals surface area contributed by atoms with Crippen molar-refractivity contribution >= 4 is 27.5 Å². The van der Waals surface area contributed by atoms with Crippen molar-refractivity contribution in [2.75, 3.05) is 42.2 Å². The van der Waals surface area contributed by atoms with Crippen LogP contribution < -0.4 is 16.0 Å². The summed E-state index contributed by atoms with van der Waals surface area (Å²) in [6.07, 6.45) is 5.94. The topological polar surface area (TPSA) is 136 Å². The fourth-order valence-corrected chi connectivity index (χ4v) is 2.58. The van der Waals surface area contributed by atoms with Crippen LogP contribution in [0.2, 0.25) is 0 Å². The van der Waals surface area contributed by atoms with Crippen molar-refractivity contribution in [3.8, 4) is 0 Å². The van der Waals surface area contributed by atoms with Crippen LogP contribution in [0, 0.1) is 0 Å². The van der Waals surface area contributed by atoms with Crippen LogP contribution in [0.15, 0.2) is 18.2 Å². The van der Waals surface area contributed by atoms with E-state index in [9.17, 15) is 0 Å². The van der Waals surface area contributed by atoms with E-state index in [-0.39, 0.29) is 6.61 Å². The van der Waals surface area contributed by atoms with E-state index >= 15 is 0 Å². The minimum Gasteiger partial charge on any atom is -0.397 e. The van der Waals surface area contributed by atoms with Gasteiger partial charge in [-0.1, -0.05) is 12.8 Å². The van der Waals surface area contributed by atoms with Gasteiger partial charge < -0.3 is 21.1 Å². The van der Waals surface area contributed by atoms with Crippen LogP contribution in [0.1, 0.15) is 32.1 Å². The van der Waals surface area contributed by atoms with Gasteiger partial charge >= 0.3 is 10.4 Å². The summed E-state index contributed by atoms with van der Waals surface area (Å²) in [7, 11) is -4.67. The lowest BCUT2D eigenvalue weighted by Gasteiger charge is -2.24. The maximum absolute atomic E-state index is 8.77. The van der Waals surface area contributed by atoms with E-state index in [4.69, 9.17) is 28.4 Å². The molecule has 0 amide bonds. The first-order chi connectivity index (χ1) is 11.3. The minimum atomic E-state index is -4.67. The molecule has 1 saturated heterocycles. The van der Waals surface area contributed by atoms with Crippen LogP contribution in [0.3, 0.4) is 0 Å². The highest BCUT2D eigenvalue weighted by Crippen LogP contribution is 2.28. The number of hydrogen-bond donors (Lipinski definition) is 5. The van der Waals surface area contributed by atoms with E-state index in [0.29, 0.717) is 0 Å². The van der Waals surface area contributed by atoms with Gasteiger partial charge in [0.15, 0.2) is 0 Å². The lowest BCUT2D eigenvalue weighted by molar-refractivity contribution is 0.292. The molecule has 24 heavy (non-hydrogen) atoms. The molecule has 1 aliphatic heterocycles. The highest BCUT2D eigenvalue weighted by molar-refractivity contribution is 7.79. The number of anilines is 3. The summed E-state index contributed by atoms with van der Waals surface area (Å²) in [5.41, 5.74) is 9.21. The lowest BCUT2D eigenvalue weighted by Crippen LogP contribution is -2.24. The Hall–Kier alpha value is -1.55. The fraction of sp³-hybridized carbons (Fsp3) is 0.600. The molecule has 0 aromatic heterocycles. The maximum atomic E-state index is 8.77. The molecule has 138 valence electrons. The number of nitrogens with zero attached hydrogens (tertiary/aromatic N) is 1. The van der Waals surface area contributed by atoms with E-state index in [1.807, 2.05) is 6.07 Å². The second kappa shape index (κ2) is 10.3. The lowest BCUT2D eigenvalue weighted by atomic mass is 10.2. The molecule has 0 atom stereocenters. The summed E-state index contributed by atoms with van der Waals surface area (Å²) in [5.74, 6) is 0. The Morgan fingerprint density at radius 3 is 2.21 bits per heavy atom. The predicted molar refractivity (Wildman–Crippen MR) is 95.9 cm³/mol. The van der Waals surface area contributed by atoms with Gasteiger partial charge in [0, 0.05) is 31.9 Å². The summed E-state index contributed by atoms with van der Waals surface area (Å²) < 4.78 is 31.6. The predicted octanol–water partition coefficient (Wildman–Crippen LogP) is 1.79. The van der Waals surface area contributed by atoms with E-state index in [1.165, 1.54) is 25.7 Å². The molecule has 0 unspecified atom stereocenters. The average molecular weight is 361 g/mol. The first-order valence-electron chi connectivity index (χ1n) is 8.00. The summed E-state index contributed by atoms with van der Waals surface area (Å²) in [6.45, 7) is 3.22. The third kappa shape index (κ3) is 8.92. The largest absolute Gasteiger partial charge is 0.397 e. The van der Waals surface area contributed by atoms with Crippen LogP contribution in [-0.4, -0.2) is 48.9 Å². The Morgan fingerprint density at radius 1 is 1.12 bits per heavy atom. The van der Waals surface area contributed by atoms with E-state index in [1.54, 1.807) is 0 Å². The molecule has 1 fully saturated rings. The van der Waals surface area contributed by atoms with E-state index in [0.717, 1.165) is 43.1 Å². The van der Waals surface area contributed by atoms with Gasteiger partial charge in [0.05, 0.1) is 11.4 Å². The number of nitrogen functional groups attached to an aromatic ring is 1. The Kier molecular flexibility index (Phi) is 8.83. The second-order valence-corrected chi connectivity index (χ2v) is 6.52. The third-order valence-corrected chi connectivity index (χ3v) is 3.64. The Bertz CT molecular complexity index is 579. The fourth-order valence-electron chi connectivity index (χ4n) is 2.58. The van der Waals surface area contributed by atoms with E-state index in [2.05, 4.69) is 22.3 Å². The van der Waals surface area contributed by atoms with Crippen LogP contribution in [-0.2, 0) is 10.4 Å². The van der Waals surface area contributed by atoms with Crippen molar-refractivity contribution in [3.05, 3.63) is 18.2 Å². The summed E-state index contributed by atoms with van der Waals surface area (Å²) >= 11 is 0. The number of aliphatic hydroxyl groups is 1. The quantitative estimate of drug-likeness (QED) is 0.304. The summed E-state index contributed by atoms with van der Waals surface area (Å²) in [5, 5.41) is 12.0. The monoisotopic (exact) mass is 361 g/mol. The molecule has 1 aliphatic rings. The number of nitrogens with two attached hydrogens (primary N) is 1. The smallest absolute Gasteiger partial charge is 0.394 e. The first kappa shape index (κ1) is 20.5. The zero-order valence-corrected chi connectivity index (χ0v) is 14.5. The molecule has 0 spiro atoms. The molecule has 0 aliphatic carbocycles. The van der Waals surface area contributed by atoms with Crippen molar-refractivity contribution < 1.29 is 22.6 Å². The van der Waals surface area contributed by atoms with Gasteiger partial charge in [-0.3, -0.25) is 9.11 Å².